The number of benzene rings is 2. The zero-order valence-electron chi connectivity index (χ0n) is 8.73. The Morgan fingerprint density at radius 3 is 2.44 bits per heavy atom. The number of furan rings is 1. The lowest BCUT2D eigenvalue weighted by Gasteiger charge is -1.98. The van der Waals surface area contributed by atoms with E-state index in [9.17, 15) is 0 Å². The van der Waals surface area contributed by atoms with Gasteiger partial charge < -0.3 is 9.15 Å². The molecule has 3 heteroatoms. The molecule has 80 valence electrons. The molecule has 2 nitrogen and oxygen atoms in total. The average molecular weight is 230 g/mol. The molecule has 0 fully saturated rings. The summed E-state index contributed by atoms with van der Waals surface area (Å²) in [6.45, 7) is 0. The van der Waals surface area contributed by atoms with Crippen molar-refractivity contribution in [2.45, 2.75) is 4.90 Å². The van der Waals surface area contributed by atoms with Gasteiger partial charge in [-0.15, -0.1) is 12.6 Å². The van der Waals surface area contributed by atoms with Crippen molar-refractivity contribution < 1.29 is 9.15 Å². The number of para-hydroxylation sites is 2. The van der Waals surface area contributed by atoms with Crippen LogP contribution in [0.1, 0.15) is 0 Å². The molecular formula is C13H10O2S. The Morgan fingerprint density at radius 2 is 1.69 bits per heavy atom. The number of fused-ring (bicyclic) bond motifs is 3. The van der Waals surface area contributed by atoms with Crippen LogP contribution in [0.15, 0.2) is 45.7 Å². The Kier molecular flexibility index (Phi) is 2.07. The first kappa shape index (κ1) is 9.60. The second-order valence-electron chi connectivity index (χ2n) is 3.59. The smallest absolute Gasteiger partial charge is 0.177 e. The molecule has 0 unspecified atom stereocenters. The van der Waals surface area contributed by atoms with E-state index in [1.165, 1.54) is 0 Å². The van der Waals surface area contributed by atoms with Crippen molar-refractivity contribution in [3.63, 3.8) is 0 Å². The van der Waals surface area contributed by atoms with Crippen molar-refractivity contribution in [1.29, 1.82) is 0 Å². The predicted molar refractivity (Wildman–Crippen MR) is 67.5 cm³/mol. The third kappa shape index (κ3) is 1.21. The van der Waals surface area contributed by atoms with Crippen LogP contribution in [0, 0.1) is 0 Å². The molecule has 0 aliphatic carbocycles. The quantitative estimate of drug-likeness (QED) is 0.641. The average Bonchev–Trinajstić information content (AvgIpc) is 2.69. The van der Waals surface area contributed by atoms with E-state index in [4.69, 9.17) is 9.15 Å². The molecular weight excluding hydrogens is 220 g/mol. The second-order valence-corrected chi connectivity index (χ2v) is 4.07. The lowest BCUT2D eigenvalue weighted by molar-refractivity contribution is 0.412. The van der Waals surface area contributed by atoms with Crippen molar-refractivity contribution in [3.8, 4) is 5.75 Å². The number of thiol groups is 1. The first-order valence-corrected chi connectivity index (χ1v) is 5.43. The van der Waals surface area contributed by atoms with Gasteiger partial charge in [-0.1, -0.05) is 24.3 Å². The molecule has 0 bridgehead atoms. The van der Waals surface area contributed by atoms with Crippen LogP contribution < -0.4 is 4.74 Å². The van der Waals surface area contributed by atoms with Gasteiger partial charge in [-0.05, 0) is 12.1 Å². The van der Waals surface area contributed by atoms with Crippen LogP contribution in [0.4, 0.5) is 0 Å². The summed E-state index contributed by atoms with van der Waals surface area (Å²) in [4.78, 5) is 0.843. The fourth-order valence-electron chi connectivity index (χ4n) is 1.94. The zero-order valence-corrected chi connectivity index (χ0v) is 9.62. The molecule has 0 atom stereocenters. The van der Waals surface area contributed by atoms with E-state index >= 15 is 0 Å². The standard InChI is InChI=1S/C13H10O2S/c1-14-10-6-2-4-8-9-5-3-7-11(16)13(9)15-12(8)10/h2-7,16H,1H3. The maximum Gasteiger partial charge on any atom is 0.177 e. The Hall–Kier alpha value is -1.61. The summed E-state index contributed by atoms with van der Waals surface area (Å²) in [7, 11) is 1.64. The maximum absolute atomic E-state index is 5.80. The van der Waals surface area contributed by atoms with E-state index in [1.54, 1.807) is 7.11 Å². The van der Waals surface area contributed by atoms with Gasteiger partial charge in [-0.3, -0.25) is 0 Å². The monoisotopic (exact) mass is 230 g/mol. The minimum Gasteiger partial charge on any atom is -0.493 e. The van der Waals surface area contributed by atoms with E-state index in [-0.39, 0.29) is 0 Å². The van der Waals surface area contributed by atoms with Crippen molar-refractivity contribution >= 4 is 34.6 Å². The lowest BCUT2D eigenvalue weighted by Crippen LogP contribution is -1.81. The Morgan fingerprint density at radius 1 is 1.00 bits per heavy atom. The normalized spacial score (nSPS) is 11.1. The van der Waals surface area contributed by atoms with Gasteiger partial charge in [-0.2, -0.15) is 0 Å². The minimum absolute atomic E-state index is 0.751. The number of rotatable bonds is 1. The maximum atomic E-state index is 5.80. The van der Waals surface area contributed by atoms with E-state index < -0.39 is 0 Å². The molecule has 0 aliphatic heterocycles. The van der Waals surface area contributed by atoms with Crippen molar-refractivity contribution in [3.05, 3.63) is 36.4 Å². The summed E-state index contributed by atoms with van der Waals surface area (Å²) in [5.74, 6) is 0.751. The number of methoxy groups -OCH3 is 1. The van der Waals surface area contributed by atoms with E-state index in [0.717, 1.165) is 32.6 Å². The van der Waals surface area contributed by atoms with Gasteiger partial charge in [0.05, 0.1) is 7.11 Å². The summed E-state index contributed by atoms with van der Waals surface area (Å²) in [6, 6.07) is 11.8. The highest BCUT2D eigenvalue weighted by molar-refractivity contribution is 7.80. The third-order valence-electron chi connectivity index (χ3n) is 2.69. The molecule has 1 heterocycles. The van der Waals surface area contributed by atoms with Gasteiger partial charge in [0.2, 0.25) is 0 Å². The minimum atomic E-state index is 0.751. The summed E-state index contributed by atoms with van der Waals surface area (Å²) in [5.41, 5.74) is 1.59. The largest absolute Gasteiger partial charge is 0.493 e. The first-order chi connectivity index (χ1) is 7.81. The van der Waals surface area contributed by atoms with Crippen LogP contribution in [0.25, 0.3) is 21.9 Å². The van der Waals surface area contributed by atoms with Crippen LogP contribution in [-0.2, 0) is 0 Å². The fraction of sp³-hybridized carbons (Fsp3) is 0.0769. The second kappa shape index (κ2) is 3.46. The molecule has 0 radical (unpaired) electrons. The van der Waals surface area contributed by atoms with Gasteiger partial charge in [-0.25, -0.2) is 0 Å². The Labute approximate surface area is 98.2 Å². The van der Waals surface area contributed by atoms with Gasteiger partial charge in [0.25, 0.3) is 0 Å². The van der Waals surface area contributed by atoms with Crippen LogP contribution in [-0.4, -0.2) is 7.11 Å². The highest BCUT2D eigenvalue weighted by atomic mass is 32.1. The van der Waals surface area contributed by atoms with E-state index in [0.29, 0.717) is 0 Å². The molecule has 0 saturated heterocycles. The molecule has 0 N–H and O–H groups in total. The fourth-order valence-corrected chi connectivity index (χ4v) is 2.19. The van der Waals surface area contributed by atoms with Gasteiger partial charge in [0.15, 0.2) is 11.3 Å². The first-order valence-electron chi connectivity index (χ1n) is 4.98. The molecule has 2 aromatic carbocycles. The van der Waals surface area contributed by atoms with Crippen LogP contribution in [0.2, 0.25) is 0 Å². The topological polar surface area (TPSA) is 22.4 Å². The summed E-state index contributed by atoms with van der Waals surface area (Å²) in [5, 5.41) is 2.13. The van der Waals surface area contributed by atoms with E-state index in [2.05, 4.69) is 12.6 Å². The summed E-state index contributed by atoms with van der Waals surface area (Å²) < 4.78 is 11.1. The van der Waals surface area contributed by atoms with Crippen molar-refractivity contribution in [2.24, 2.45) is 0 Å². The molecule has 3 aromatic rings. The van der Waals surface area contributed by atoms with Crippen molar-refractivity contribution in [2.75, 3.05) is 7.11 Å². The Balaban J connectivity index is 2.55. The number of ether oxygens (including phenoxy) is 1. The SMILES string of the molecule is COc1cccc2c1oc1c(S)cccc12. The van der Waals surface area contributed by atoms with Gasteiger partial charge >= 0.3 is 0 Å². The molecule has 3 rings (SSSR count). The molecule has 0 amide bonds. The molecule has 1 aromatic heterocycles. The number of hydrogen-bond acceptors (Lipinski definition) is 3. The lowest BCUT2D eigenvalue weighted by atomic mass is 10.1. The molecule has 0 aliphatic rings. The summed E-state index contributed by atoms with van der Waals surface area (Å²) in [6.07, 6.45) is 0. The number of hydrogen-bond donors (Lipinski definition) is 1. The summed E-state index contributed by atoms with van der Waals surface area (Å²) >= 11 is 4.39. The molecule has 16 heavy (non-hydrogen) atoms. The highest BCUT2D eigenvalue weighted by Gasteiger charge is 2.11. The van der Waals surface area contributed by atoms with Gasteiger partial charge in [0, 0.05) is 15.7 Å². The van der Waals surface area contributed by atoms with Crippen LogP contribution in [0.3, 0.4) is 0 Å². The van der Waals surface area contributed by atoms with Crippen molar-refractivity contribution in [1.82, 2.24) is 0 Å². The predicted octanol–water partition coefficient (Wildman–Crippen LogP) is 3.88. The van der Waals surface area contributed by atoms with Gasteiger partial charge in [0.1, 0.15) is 5.58 Å². The van der Waals surface area contributed by atoms with E-state index in [1.807, 2.05) is 36.4 Å². The third-order valence-corrected chi connectivity index (χ3v) is 3.04. The highest BCUT2D eigenvalue weighted by Crippen LogP contribution is 2.36. The zero-order chi connectivity index (χ0) is 11.1. The molecule has 0 saturated carbocycles. The van der Waals surface area contributed by atoms with Crippen LogP contribution >= 0.6 is 12.6 Å². The van der Waals surface area contributed by atoms with Crippen LogP contribution in [0.5, 0.6) is 5.75 Å². The molecule has 0 spiro atoms. The Bertz CT molecular complexity index is 670.